The summed E-state index contributed by atoms with van der Waals surface area (Å²) >= 11 is 0. The lowest BCUT2D eigenvalue weighted by atomic mass is 9.55. The summed E-state index contributed by atoms with van der Waals surface area (Å²) in [6, 6.07) is 4.77. The van der Waals surface area contributed by atoms with Gasteiger partial charge in [0, 0.05) is 49.3 Å². The van der Waals surface area contributed by atoms with E-state index >= 15 is 0 Å². The van der Waals surface area contributed by atoms with Crippen LogP contribution in [0.1, 0.15) is 37.9 Å². The van der Waals surface area contributed by atoms with Gasteiger partial charge in [-0.15, -0.1) is 0 Å². The monoisotopic (exact) mass is 313 g/mol. The van der Waals surface area contributed by atoms with Gasteiger partial charge in [0.15, 0.2) is 0 Å². The second kappa shape index (κ2) is 5.60. The van der Waals surface area contributed by atoms with Gasteiger partial charge in [0.25, 0.3) is 0 Å². The molecule has 23 heavy (non-hydrogen) atoms. The fraction of sp³-hybridized carbons (Fsp3) is 0.632. The third-order valence-corrected chi connectivity index (χ3v) is 5.80. The Morgan fingerprint density at radius 2 is 2.30 bits per heavy atom. The Morgan fingerprint density at radius 1 is 1.43 bits per heavy atom. The second-order valence-corrected chi connectivity index (χ2v) is 7.75. The van der Waals surface area contributed by atoms with Crippen LogP contribution in [-0.4, -0.2) is 34.7 Å². The normalized spacial score (nSPS) is 29.3. The van der Waals surface area contributed by atoms with E-state index in [1.165, 1.54) is 24.1 Å². The molecule has 2 aromatic heterocycles. The van der Waals surface area contributed by atoms with Gasteiger partial charge in [-0.25, -0.2) is 4.98 Å². The molecule has 4 rings (SSSR count). The lowest BCUT2D eigenvalue weighted by molar-refractivity contribution is -0.192. The van der Waals surface area contributed by atoms with Crippen LogP contribution < -0.4 is 5.32 Å². The molecular weight excluding hydrogens is 286 g/mol. The summed E-state index contributed by atoms with van der Waals surface area (Å²) in [5.74, 6) is 0.696. The van der Waals surface area contributed by atoms with Crippen LogP contribution in [0.15, 0.2) is 24.5 Å². The number of nitrogens with zero attached hydrogens (tertiary/aromatic N) is 2. The zero-order chi connectivity index (χ0) is 16.0. The molecule has 0 radical (unpaired) electrons. The van der Waals surface area contributed by atoms with Crippen LogP contribution in [0.5, 0.6) is 0 Å². The molecule has 4 heteroatoms. The molecule has 3 atom stereocenters. The molecule has 1 saturated carbocycles. The number of pyridine rings is 1. The zero-order valence-electron chi connectivity index (χ0n) is 14.4. The maximum atomic E-state index is 5.98. The predicted octanol–water partition coefficient (Wildman–Crippen LogP) is 2.98. The standard InChI is InChI=1S/C19H27N3O/c1-13-6-4-10-22-12-14(21-18(13)22)8-9-20-16-15-7-5-11-23-17(15)19(16,2)3/h4,6,10,12,15-17,20H,5,7-9,11H2,1-3H3/t15-,16+,17-/m0/s1. The molecule has 1 aliphatic carbocycles. The van der Waals surface area contributed by atoms with E-state index in [1.807, 2.05) is 0 Å². The van der Waals surface area contributed by atoms with E-state index in [4.69, 9.17) is 9.72 Å². The summed E-state index contributed by atoms with van der Waals surface area (Å²) in [4.78, 5) is 4.77. The van der Waals surface area contributed by atoms with Crippen LogP contribution in [-0.2, 0) is 11.2 Å². The van der Waals surface area contributed by atoms with E-state index in [9.17, 15) is 0 Å². The van der Waals surface area contributed by atoms with Crippen LogP contribution in [0.4, 0.5) is 0 Å². The van der Waals surface area contributed by atoms with Crippen molar-refractivity contribution in [2.75, 3.05) is 13.2 Å². The summed E-state index contributed by atoms with van der Waals surface area (Å²) < 4.78 is 8.11. The molecule has 4 nitrogen and oxygen atoms in total. The average molecular weight is 313 g/mol. The number of imidazole rings is 1. The summed E-state index contributed by atoms with van der Waals surface area (Å²) in [5.41, 5.74) is 3.72. The van der Waals surface area contributed by atoms with Crippen LogP contribution in [0.3, 0.4) is 0 Å². The van der Waals surface area contributed by atoms with Crippen molar-refractivity contribution in [3.63, 3.8) is 0 Å². The maximum Gasteiger partial charge on any atom is 0.139 e. The molecule has 0 aromatic carbocycles. The van der Waals surface area contributed by atoms with Gasteiger partial charge in [0.2, 0.25) is 0 Å². The second-order valence-electron chi connectivity index (χ2n) is 7.75. The smallest absolute Gasteiger partial charge is 0.139 e. The molecular formula is C19H27N3O. The molecule has 0 spiro atoms. The quantitative estimate of drug-likeness (QED) is 0.943. The third-order valence-electron chi connectivity index (χ3n) is 5.80. The van der Waals surface area contributed by atoms with Gasteiger partial charge in [-0.1, -0.05) is 19.9 Å². The number of ether oxygens (including phenoxy) is 1. The van der Waals surface area contributed by atoms with Crippen molar-refractivity contribution in [2.45, 2.75) is 52.2 Å². The van der Waals surface area contributed by atoms with Crippen LogP contribution >= 0.6 is 0 Å². The number of fused-ring (bicyclic) bond motifs is 2. The molecule has 1 N–H and O–H groups in total. The average Bonchev–Trinajstić information content (AvgIpc) is 2.96. The number of hydrogen-bond donors (Lipinski definition) is 1. The largest absolute Gasteiger partial charge is 0.377 e. The van der Waals surface area contributed by atoms with E-state index in [0.29, 0.717) is 18.1 Å². The van der Waals surface area contributed by atoms with Gasteiger partial charge in [0.1, 0.15) is 5.65 Å². The van der Waals surface area contributed by atoms with Crippen LogP contribution in [0.2, 0.25) is 0 Å². The lowest BCUT2D eigenvalue weighted by Crippen LogP contribution is -2.69. The Kier molecular flexibility index (Phi) is 3.69. The molecule has 124 valence electrons. The highest BCUT2D eigenvalue weighted by atomic mass is 16.5. The molecule has 2 aromatic rings. The highest BCUT2D eigenvalue weighted by molar-refractivity contribution is 5.47. The Balaban J connectivity index is 1.38. The maximum absolute atomic E-state index is 5.98. The number of rotatable bonds is 4. The first-order valence-electron chi connectivity index (χ1n) is 8.85. The highest BCUT2D eigenvalue weighted by Gasteiger charge is 2.57. The van der Waals surface area contributed by atoms with Gasteiger partial charge in [-0.3, -0.25) is 0 Å². The van der Waals surface area contributed by atoms with Crippen molar-refractivity contribution in [3.8, 4) is 0 Å². The Bertz CT molecular complexity index is 706. The minimum atomic E-state index is 0.251. The molecule has 0 amide bonds. The van der Waals surface area contributed by atoms with E-state index in [-0.39, 0.29) is 5.41 Å². The van der Waals surface area contributed by atoms with E-state index in [0.717, 1.165) is 25.2 Å². The van der Waals surface area contributed by atoms with Crippen molar-refractivity contribution in [3.05, 3.63) is 35.8 Å². The SMILES string of the molecule is Cc1cccn2cc(CCN[C@@H]3[C@@H]4CCCO[C@@H]4C3(C)C)nc12. The summed E-state index contributed by atoms with van der Waals surface area (Å²) in [6.45, 7) is 8.72. The molecule has 0 unspecified atom stereocenters. The number of nitrogens with one attached hydrogen (secondary N) is 1. The highest BCUT2D eigenvalue weighted by Crippen LogP contribution is 2.51. The summed E-state index contributed by atoms with van der Waals surface area (Å²) in [7, 11) is 0. The zero-order valence-corrected chi connectivity index (χ0v) is 14.4. The topological polar surface area (TPSA) is 38.6 Å². The first-order valence-corrected chi connectivity index (χ1v) is 8.85. The fourth-order valence-corrected chi connectivity index (χ4v) is 4.62. The third kappa shape index (κ3) is 2.48. The van der Waals surface area contributed by atoms with Gasteiger partial charge < -0.3 is 14.5 Å². The Hall–Kier alpha value is -1.39. The van der Waals surface area contributed by atoms with E-state index in [2.05, 4.69) is 55.0 Å². The molecule has 1 saturated heterocycles. The Labute approximate surface area is 138 Å². The first kappa shape index (κ1) is 15.2. The van der Waals surface area contributed by atoms with Crippen LogP contribution in [0, 0.1) is 18.3 Å². The van der Waals surface area contributed by atoms with E-state index < -0.39 is 0 Å². The van der Waals surface area contributed by atoms with Crippen molar-refractivity contribution >= 4 is 5.65 Å². The molecule has 2 aliphatic rings. The van der Waals surface area contributed by atoms with Crippen molar-refractivity contribution in [1.82, 2.24) is 14.7 Å². The molecule has 2 fully saturated rings. The lowest BCUT2D eigenvalue weighted by Gasteiger charge is -2.60. The number of aryl methyl sites for hydroxylation is 1. The predicted molar refractivity (Wildman–Crippen MR) is 91.7 cm³/mol. The first-order chi connectivity index (χ1) is 11.1. The van der Waals surface area contributed by atoms with Gasteiger partial charge in [-0.05, 0) is 31.4 Å². The molecule has 3 heterocycles. The number of hydrogen-bond acceptors (Lipinski definition) is 3. The summed E-state index contributed by atoms with van der Waals surface area (Å²) in [6.07, 6.45) is 8.17. The van der Waals surface area contributed by atoms with Gasteiger partial charge in [-0.2, -0.15) is 0 Å². The number of aromatic nitrogens is 2. The van der Waals surface area contributed by atoms with Crippen molar-refractivity contribution in [1.29, 1.82) is 0 Å². The summed E-state index contributed by atoms with van der Waals surface area (Å²) in [5, 5.41) is 3.79. The van der Waals surface area contributed by atoms with Gasteiger partial charge in [0.05, 0.1) is 11.8 Å². The van der Waals surface area contributed by atoms with Crippen LogP contribution in [0.25, 0.3) is 5.65 Å². The van der Waals surface area contributed by atoms with E-state index in [1.54, 1.807) is 0 Å². The minimum absolute atomic E-state index is 0.251. The Morgan fingerprint density at radius 3 is 3.13 bits per heavy atom. The van der Waals surface area contributed by atoms with Crippen molar-refractivity contribution in [2.24, 2.45) is 11.3 Å². The molecule has 1 aliphatic heterocycles. The van der Waals surface area contributed by atoms with Crippen molar-refractivity contribution < 1.29 is 4.74 Å². The fourth-order valence-electron chi connectivity index (χ4n) is 4.62. The molecule has 0 bridgehead atoms. The van der Waals surface area contributed by atoms with Gasteiger partial charge >= 0.3 is 0 Å². The minimum Gasteiger partial charge on any atom is -0.377 e.